The number of halogens is 1. The zero-order valence-corrected chi connectivity index (χ0v) is 61.3. The molecule has 1 fully saturated rings. The Morgan fingerprint density at radius 2 is 0.957 bits per heavy atom. The third-order valence-electron chi connectivity index (χ3n) is 17.3. The number of para-hydroxylation sites is 1. The van der Waals surface area contributed by atoms with Gasteiger partial charge in [-0.3, -0.25) is 57.5 Å². The monoisotopic (exact) mass is 1340 g/mol. The highest BCUT2D eigenvalue weighted by molar-refractivity contribution is 6.32. The molecule has 12 atom stereocenters. The van der Waals surface area contributed by atoms with Crippen molar-refractivity contribution in [2.75, 3.05) is 62.5 Å². The van der Waals surface area contributed by atoms with Gasteiger partial charge in [0.2, 0.25) is 65.0 Å². The summed E-state index contributed by atoms with van der Waals surface area (Å²) in [7, 11) is 9.81. The number of nitrogens with zero attached hydrogens (tertiary/aromatic N) is 7. The number of carbonyl (C=O) groups is 12. The quantitative estimate of drug-likeness (QED) is 0.141. The topological polar surface area (TPSA) is 294 Å². The lowest BCUT2D eigenvalue weighted by Crippen LogP contribution is -2.64. The number of hydrogen-bond donors (Lipinski definition) is 4. The zero-order valence-electron chi connectivity index (χ0n) is 60.6. The van der Waals surface area contributed by atoms with Crippen LogP contribution in [0.4, 0.5) is 0 Å². The summed E-state index contributed by atoms with van der Waals surface area (Å²) < 4.78 is 12.0. The summed E-state index contributed by atoms with van der Waals surface area (Å²) in [6.45, 7) is 28.4. The van der Waals surface area contributed by atoms with Gasteiger partial charge < -0.3 is 65.0 Å². The largest absolute Gasteiger partial charge is 0.492 e. The van der Waals surface area contributed by atoms with Crippen LogP contribution in [0.25, 0.3) is 0 Å². The zero-order chi connectivity index (χ0) is 72.2. The van der Waals surface area contributed by atoms with Crippen LogP contribution in [0.1, 0.15) is 156 Å². The van der Waals surface area contributed by atoms with Crippen molar-refractivity contribution in [1.29, 1.82) is 0 Å². The van der Waals surface area contributed by atoms with Crippen molar-refractivity contribution in [1.82, 2.24) is 55.6 Å². The molecule has 11 amide bonds. The van der Waals surface area contributed by atoms with E-state index in [1.165, 1.54) is 87.7 Å². The van der Waals surface area contributed by atoms with E-state index < -0.39 is 162 Å². The summed E-state index contributed by atoms with van der Waals surface area (Å²) in [6, 6.07) is -6.02. The summed E-state index contributed by atoms with van der Waals surface area (Å²) in [5, 5.41) is 11.4. The first kappa shape index (κ1) is 83.0. The highest BCUT2D eigenvalue weighted by Gasteiger charge is 2.47. The van der Waals surface area contributed by atoms with E-state index in [1.54, 1.807) is 65.8 Å². The molecule has 1 heterocycles. The van der Waals surface area contributed by atoms with E-state index in [1.807, 2.05) is 55.4 Å². The second kappa shape index (κ2) is 37.9. The maximum atomic E-state index is 15.6. The molecule has 0 spiro atoms. The van der Waals surface area contributed by atoms with Crippen molar-refractivity contribution in [2.24, 2.45) is 41.4 Å². The second-order valence-corrected chi connectivity index (χ2v) is 28.3. The van der Waals surface area contributed by atoms with Crippen LogP contribution in [-0.2, 0) is 62.3 Å². The molecular weight excluding hydrogens is 1230 g/mol. The first-order valence-electron chi connectivity index (χ1n) is 33.1. The molecule has 1 aromatic rings. The third kappa shape index (κ3) is 23.4. The third-order valence-corrected chi connectivity index (χ3v) is 17.6. The van der Waals surface area contributed by atoms with Crippen molar-refractivity contribution >= 4 is 82.5 Å². The van der Waals surface area contributed by atoms with Gasteiger partial charge in [-0.2, -0.15) is 0 Å². The number of ether oxygens (including phenoxy) is 2. The first-order chi connectivity index (χ1) is 43.5. The van der Waals surface area contributed by atoms with Gasteiger partial charge in [0, 0.05) is 56.3 Å². The summed E-state index contributed by atoms with van der Waals surface area (Å²) in [5.41, 5.74) is 0. The van der Waals surface area contributed by atoms with Gasteiger partial charge in [0.05, 0.1) is 18.2 Å². The lowest BCUT2D eigenvalue weighted by Gasteiger charge is -2.42. The summed E-state index contributed by atoms with van der Waals surface area (Å²) >= 11 is 6.42. The molecule has 0 aliphatic carbocycles. The van der Waals surface area contributed by atoms with Gasteiger partial charge in [-0.15, -0.1) is 0 Å². The Morgan fingerprint density at radius 1 is 0.511 bits per heavy atom. The molecule has 1 aliphatic heterocycles. The highest BCUT2D eigenvalue weighted by atomic mass is 35.5. The van der Waals surface area contributed by atoms with Gasteiger partial charge in [-0.1, -0.05) is 121 Å². The van der Waals surface area contributed by atoms with Crippen LogP contribution in [0, 0.1) is 41.4 Å². The van der Waals surface area contributed by atoms with Crippen molar-refractivity contribution < 1.29 is 67.0 Å². The maximum Gasteiger partial charge on any atom is 0.303 e. The fourth-order valence-electron chi connectivity index (χ4n) is 11.6. The van der Waals surface area contributed by atoms with Crippen molar-refractivity contribution in [3.63, 3.8) is 0 Å². The molecule has 1 unspecified atom stereocenters. The van der Waals surface area contributed by atoms with E-state index in [9.17, 15) is 38.4 Å². The average molecular weight is 1350 g/mol. The van der Waals surface area contributed by atoms with Crippen molar-refractivity contribution in [3.05, 3.63) is 29.3 Å². The fourth-order valence-corrected chi connectivity index (χ4v) is 11.8. The number of nitrogens with one attached hydrogen (secondary N) is 4. The van der Waals surface area contributed by atoms with Gasteiger partial charge in [0.25, 0.3) is 0 Å². The standard InChI is InChI=1S/C68H114ClN11O14/c1-25-48-64(88)74(18)36-54(82)75(19)49(32-37(2)3)61(85)73-55(41(10)11)67(91)76(20)50(33-38(4)5)60(84)70-44(15)59(83)71-45(16)63(87)77(21)51(34-39(6)7)65(89)78(22)52(35-40(8)9)66(90)79(23)56(42(12)13)68(92)80(24)57(62(86)72-48)58(94-46(17)81)43(14)30-31-93-53-29-27-26-28-47(53)69/h26-29,37-45,48-52,55-58H,25,30-36H2,1-24H3,(H,70,84)(H,71,83)(H,72,86)(H,73,85)/t43-,44+,45-,48+,49+,50+,51+,52+,55+,56+,57?,58-/m1/s1. The smallest absolute Gasteiger partial charge is 0.303 e. The van der Waals surface area contributed by atoms with Gasteiger partial charge >= 0.3 is 5.97 Å². The first-order valence-corrected chi connectivity index (χ1v) is 33.5. The molecule has 0 bridgehead atoms. The van der Waals surface area contributed by atoms with Crippen LogP contribution in [0.2, 0.25) is 5.02 Å². The van der Waals surface area contributed by atoms with Gasteiger partial charge in [0.1, 0.15) is 72.3 Å². The molecule has 0 saturated carbocycles. The lowest BCUT2D eigenvalue weighted by molar-refractivity contribution is -0.164. The average Bonchev–Trinajstić information content (AvgIpc) is 0.806. The Balaban J connectivity index is 3.06. The molecule has 1 saturated heterocycles. The van der Waals surface area contributed by atoms with Crippen LogP contribution >= 0.6 is 11.6 Å². The number of esters is 1. The highest BCUT2D eigenvalue weighted by Crippen LogP contribution is 2.29. The number of carbonyl (C=O) groups excluding carboxylic acids is 12. The Labute approximate surface area is 564 Å². The van der Waals surface area contributed by atoms with Crippen LogP contribution in [0.5, 0.6) is 5.75 Å². The van der Waals surface area contributed by atoms with Gasteiger partial charge in [-0.05, 0) is 106 Å². The lowest BCUT2D eigenvalue weighted by atomic mass is 9.91. The van der Waals surface area contributed by atoms with Crippen LogP contribution in [0.3, 0.4) is 0 Å². The molecule has 26 heteroatoms. The minimum atomic E-state index is -1.69. The molecule has 25 nitrogen and oxygen atoms in total. The minimum absolute atomic E-state index is 0.0103. The normalized spacial score (nSPS) is 25.2. The van der Waals surface area contributed by atoms with E-state index in [2.05, 4.69) is 21.3 Å². The predicted octanol–water partition coefficient (Wildman–Crippen LogP) is 5.00. The summed E-state index contributed by atoms with van der Waals surface area (Å²) in [5.74, 6) is -10.9. The second-order valence-electron chi connectivity index (χ2n) is 27.9. The van der Waals surface area contributed by atoms with E-state index in [4.69, 9.17) is 21.1 Å². The SMILES string of the molecule is CC[C@@H]1NC(=O)C([C@H](OC(C)=O)[C@H](C)CCOc2ccccc2Cl)N(C)C(=O)[C@H](C(C)C)N(C)C(=O)[C@H](CC(C)C)N(C)C(=O)[C@H](CC(C)C)N(C)C(=O)[C@@H](C)NC(=O)[C@H](C)NC(=O)[C@H](CC(C)C)N(C)C(=O)[C@H](C(C)C)NC(=O)[C@H](CC(C)C)N(C)C(=O)CN(C)C1=O. The van der Waals surface area contributed by atoms with E-state index in [0.29, 0.717) is 10.8 Å². The Morgan fingerprint density at radius 3 is 1.44 bits per heavy atom. The Kier molecular flexibility index (Phi) is 33.5. The summed E-state index contributed by atoms with van der Waals surface area (Å²) in [4.78, 5) is 184. The van der Waals surface area contributed by atoms with E-state index in [-0.39, 0.29) is 68.8 Å². The number of rotatable bonds is 18. The van der Waals surface area contributed by atoms with E-state index in [0.717, 1.165) is 16.7 Å². The van der Waals surface area contributed by atoms with Crippen molar-refractivity contribution in [2.45, 2.75) is 223 Å². The molecule has 4 N–H and O–H groups in total. The molecule has 2 rings (SSSR count). The van der Waals surface area contributed by atoms with Gasteiger partial charge in [-0.25, -0.2) is 0 Å². The van der Waals surface area contributed by atoms with Crippen LogP contribution in [-0.4, -0.2) is 234 Å². The number of likely N-dealkylation sites (N-methyl/N-ethyl adjacent to an activating group) is 7. The van der Waals surface area contributed by atoms with E-state index >= 15 is 19.2 Å². The number of amides is 11. The maximum absolute atomic E-state index is 15.6. The van der Waals surface area contributed by atoms with Crippen molar-refractivity contribution in [3.8, 4) is 5.75 Å². The predicted molar refractivity (Wildman–Crippen MR) is 360 cm³/mol. The molecule has 94 heavy (non-hydrogen) atoms. The Bertz CT molecular complexity index is 2780. The fraction of sp³-hybridized carbons (Fsp3) is 0.735. The Hall–Kier alpha value is -7.05. The molecule has 1 aliphatic rings. The minimum Gasteiger partial charge on any atom is -0.492 e. The molecule has 532 valence electrons. The number of benzene rings is 1. The molecule has 0 radical (unpaired) electrons. The molecule has 1 aromatic carbocycles. The van der Waals surface area contributed by atoms with Crippen LogP contribution < -0.4 is 26.0 Å². The summed E-state index contributed by atoms with van der Waals surface area (Å²) in [6.07, 6.45) is -0.818. The number of hydrogen-bond acceptors (Lipinski definition) is 14. The van der Waals surface area contributed by atoms with Crippen LogP contribution in [0.15, 0.2) is 24.3 Å². The molecular formula is C68H114ClN11O14. The van der Waals surface area contributed by atoms with Gasteiger partial charge in [0.15, 0.2) is 0 Å². The molecule has 0 aromatic heterocycles.